The van der Waals surface area contributed by atoms with Crippen LogP contribution in [0.25, 0.3) is 0 Å². The summed E-state index contributed by atoms with van der Waals surface area (Å²) in [6, 6.07) is 1.32. The maximum Gasteiger partial charge on any atom is 0.270 e. The third-order valence-corrected chi connectivity index (χ3v) is 6.81. The Hall–Kier alpha value is -0.590. The molecule has 0 unspecified atom stereocenters. The van der Waals surface area contributed by atoms with E-state index in [4.69, 9.17) is 10.7 Å². The van der Waals surface area contributed by atoms with Crippen molar-refractivity contribution in [3.8, 4) is 0 Å². The topological polar surface area (TPSA) is 63.2 Å². The van der Waals surface area contributed by atoms with Crippen molar-refractivity contribution in [2.24, 2.45) is 11.8 Å². The lowest BCUT2D eigenvalue weighted by atomic mass is 9.83. The van der Waals surface area contributed by atoms with Gasteiger partial charge in [-0.25, -0.2) is 8.42 Å². The summed E-state index contributed by atoms with van der Waals surface area (Å²) in [4.78, 5) is 11.9. The highest BCUT2D eigenvalue weighted by Gasteiger charge is 2.20. The van der Waals surface area contributed by atoms with Crippen LogP contribution in [0.3, 0.4) is 0 Å². The molecule has 0 aromatic carbocycles. The fraction of sp³-hybridized carbons (Fsp3) is 0.615. The van der Waals surface area contributed by atoms with E-state index in [1.165, 1.54) is 24.3 Å². The number of carbonyl (C=O) groups excluding carboxylic acids is 1. The monoisotopic (exact) mass is 335 g/mol. The van der Waals surface area contributed by atoms with Gasteiger partial charge in [0.2, 0.25) is 0 Å². The predicted octanol–water partition coefficient (Wildman–Crippen LogP) is 3.23. The molecule has 1 aliphatic rings. The average molecular weight is 336 g/mol. The highest BCUT2D eigenvalue weighted by molar-refractivity contribution is 8.15. The summed E-state index contributed by atoms with van der Waals surface area (Å²) in [5, 5.41) is 4.40. The lowest BCUT2D eigenvalue weighted by molar-refractivity contribution is 0.0942. The molecule has 1 N–H and O–H groups in total. The van der Waals surface area contributed by atoms with E-state index in [0.717, 1.165) is 30.1 Å². The summed E-state index contributed by atoms with van der Waals surface area (Å²) in [5.74, 6) is 1.09. The number of hydrogen-bond donors (Lipinski definition) is 1. The number of halogens is 1. The third kappa shape index (κ3) is 4.20. The summed E-state index contributed by atoms with van der Waals surface area (Å²) in [5.41, 5.74) is 0.360. The minimum atomic E-state index is -3.75. The predicted molar refractivity (Wildman–Crippen MR) is 80.8 cm³/mol. The number of rotatable bonds is 4. The molecule has 1 amide bonds. The smallest absolute Gasteiger partial charge is 0.270 e. The minimum absolute atomic E-state index is 0.0100. The molecular weight excluding hydrogens is 318 g/mol. The van der Waals surface area contributed by atoms with Gasteiger partial charge in [0, 0.05) is 22.6 Å². The maximum absolute atomic E-state index is 11.9. The molecule has 0 atom stereocenters. The second-order valence-electron chi connectivity index (χ2n) is 5.43. The van der Waals surface area contributed by atoms with Gasteiger partial charge in [0.05, 0.1) is 5.56 Å². The van der Waals surface area contributed by atoms with Gasteiger partial charge in [-0.3, -0.25) is 4.79 Å². The van der Waals surface area contributed by atoms with Crippen LogP contribution in [0.4, 0.5) is 0 Å². The molecule has 4 nitrogen and oxygen atoms in total. The van der Waals surface area contributed by atoms with E-state index in [0.29, 0.717) is 18.0 Å². The molecule has 1 heterocycles. The van der Waals surface area contributed by atoms with Crippen molar-refractivity contribution >= 4 is 37.0 Å². The Labute approximate surface area is 127 Å². The summed E-state index contributed by atoms with van der Waals surface area (Å²) < 4.78 is 22.3. The Morgan fingerprint density at radius 1 is 1.40 bits per heavy atom. The number of nitrogens with one attached hydrogen (secondary N) is 1. The first-order valence-corrected chi connectivity index (χ1v) is 9.86. The van der Waals surface area contributed by atoms with Gasteiger partial charge in [0.25, 0.3) is 15.0 Å². The van der Waals surface area contributed by atoms with E-state index >= 15 is 0 Å². The molecule has 2 rings (SSSR count). The third-order valence-electron chi connectivity index (χ3n) is 3.76. The first-order chi connectivity index (χ1) is 9.36. The van der Waals surface area contributed by atoms with Crippen LogP contribution in [0, 0.1) is 11.8 Å². The van der Waals surface area contributed by atoms with Crippen LogP contribution >= 0.6 is 22.0 Å². The van der Waals surface area contributed by atoms with Crippen molar-refractivity contribution in [1.29, 1.82) is 0 Å². The van der Waals surface area contributed by atoms with Crippen molar-refractivity contribution in [3.63, 3.8) is 0 Å². The van der Waals surface area contributed by atoms with E-state index < -0.39 is 9.05 Å². The number of hydrogen-bond acceptors (Lipinski definition) is 4. The van der Waals surface area contributed by atoms with Crippen LogP contribution in [0.5, 0.6) is 0 Å². The van der Waals surface area contributed by atoms with E-state index in [-0.39, 0.29) is 10.1 Å². The fourth-order valence-electron chi connectivity index (χ4n) is 2.44. The van der Waals surface area contributed by atoms with Crippen molar-refractivity contribution in [2.45, 2.75) is 36.8 Å². The highest BCUT2D eigenvalue weighted by Crippen LogP contribution is 2.28. The molecule has 0 radical (unpaired) electrons. The zero-order valence-electron chi connectivity index (χ0n) is 11.3. The average Bonchev–Trinajstić information content (AvgIpc) is 2.87. The summed E-state index contributed by atoms with van der Waals surface area (Å²) >= 11 is 0.966. The Kier molecular flexibility index (Phi) is 5.09. The Morgan fingerprint density at radius 3 is 2.60 bits per heavy atom. The molecule has 0 saturated heterocycles. The molecule has 0 bridgehead atoms. The quantitative estimate of drug-likeness (QED) is 0.859. The molecule has 1 aromatic heterocycles. The van der Waals surface area contributed by atoms with Gasteiger partial charge >= 0.3 is 0 Å². The van der Waals surface area contributed by atoms with Crippen LogP contribution in [0.2, 0.25) is 0 Å². The van der Waals surface area contributed by atoms with Gasteiger partial charge < -0.3 is 5.32 Å². The van der Waals surface area contributed by atoms with Crippen molar-refractivity contribution in [3.05, 3.63) is 17.0 Å². The zero-order valence-corrected chi connectivity index (χ0v) is 13.7. The lowest BCUT2D eigenvalue weighted by Gasteiger charge is -2.26. The number of thiophene rings is 1. The Bertz CT molecular complexity index is 574. The van der Waals surface area contributed by atoms with Crippen molar-refractivity contribution in [1.82, 2.24) is 5.32 Å². The van der Waals surface area contributed by atoms with Gasteiger partial charge in [-0.1, -0.05) is 19.8 Å². The molecule has 20 heavy (non-hydrogen) atoms. The van der Waals surface area contributed by atoms with E-state index in [1.54, 1.807) is 0 Å². The Balaban J connectivity index is 1.87. The molecule has 7 heteroatoms. The molecule has 1 aliphatic carbocycles. The first kappa shape index (κ1) is 15.8. The van der Waals surface area contributed by atoms with Gasteiger partial charge in [-0.2, -0.15) is 0 Å². The summed E-state index contributed by atoms with van der Waals surface area (Å²) in [6.45, 7) is 2.92. The lowest BCUT2D eigenvalue weighted by Crippen LogP contribution is -2.30. The summed E-state index contributed by atoms with van der Waals surface area (Å²) in [7, 11) is 1.49. The zero-order chi connectivity index (χ0) is 14.8. The first-order valence-electron chi connectivity index (χ1n) is 6.67. The van der Waals surface area contributed by atoms with E-state index in [9.17, 15) is 13.2 Å². The largest absolute Gasteiger partial charge is 0.352 e. The molecule has 1 fully saturated rings. The van der Waals surface area contributed by atoms with Crippen LogP contribution in [0.15, 0.2) is 15.7 Å². The normalized spacial score (nSPS) is 23.5. The van der Waals surface area contributed by atoms with Gasteiger partial charge in [-0.05, 0) is 30.7 Å². The number of amides is 1. The van der Waals surface area contributed by atoms with Gasteiger partial charge in [0.15, 0.2) is 0 Å². The molecule has 1 aromatic rings. The van der Waals surface area contributed by atoms with Crippen LogP contribution < -0.4 is 5.32 Å². The SMILES string of the molecule is CC1CCC(CNC(=O)c2csc(S(=O)(=O)Cl)c2)CC1. The molecule has 0 aliphatic heterocycles. The van der Waals surface area contributed by atoms with Crippen molar-refractivity contribution in [2.75, 3.05) is 6.54 Å². The molecule has 112 valence electrons. The second kappa shape index (κ2) is 6.45. The second-order valence-corrected chi connectivity index (χ2v) is 9.13. The maximum atomic E-state index is 11.9. The van der Waals surface area contributed by atoms with E-state index in [2.05, 4.69) is 12.2 Å². The molecule has 1 saturated carbocycles. The summed E-state index contributed by atoms with van der Waals surface area (Å²) in [6.07, 6.45) is 4.72. The number of carbonyl (C=O) groups is 1. The highest BCUT2D eigenvalue weighted by atomic mass is 35.7. The van der Waals surface area contributed by atoms with Crippen LogP contribution in [-0.4, -0.2) is 20.9 Å². The van der Waals surface area contributed by atoms with Crippen molar-refractivity contribution < 1.29 is 13.2 Å². The minimum Gasteiger partial charge on any atom is -0.352 e. The van der Waals surface area contributed by atoms with Crippen LogP contribution in [0.1, 0.15) is 43.0 Å². The van der Waals surface area contributed by atoms with Gasteiger partial charge in [0.1, 0.15) is 4.21 Å². The molecule has 0 spiro atoms. The van der Waals surface area contributed by atoms with Crippen LogP contribution in [-0.2, 0) is 9.05 Å². The Morgan fingerprint density at radius 2 is 2.05 bits per heavy atom. The van der Waals surface area contributed by atoms with E-state index in [1.807, 2.05) is 0 Å². The fourth-order valence-corrected chi connectivity index (χ4v) is 4.38. The van der Waals surface area contributed by atoms with Gasteiger partial charge in [-0.15, -0.1) is 11.3 Å². The molecular formula is C13H18ClNO3S2. The standard InChI is InChI=1S/C13H18ClNO3S2/c1-9-2-4-10(5-3-9)7-15-13(16)11-6-12(19-8-11)20(14,17)18/h6,8-10H,2-5,7H2,1H3,(H,15,16).